The largest absolute Gasteiger partial charge is 0.293 e. The van der Waals surface area contributed by atoms with Crippen molar-refractivity contribution < 1.29 is 4.79 Å². The van der Waals surface area contributed by atoms with E-state index in [0.29, 0.717) is 5.56 Å². The highest BCUT2D eigenvalue weighted by molar-refractivity contribution is 14.1. The highest BCUT2D eigenvalue weighted by atomic mass is 127. The van der Waals surface area contributed by atoms with Crippen LogP contribution < -0.4 is 0 Å². The molecular weight excluding hydrogens is 277 g/mol. The molecule has 0 atom stereocenters. The molecule has 2 nitrogen and oxygen atoms in total. The maximum absolute atomic E-state index is 11.4. The number of Topliss-reactive ketones (excluding diaryl/α,β-unsaturated/α-hetero) is 1. The highest BCUT2D eigenvalue weighted by Gasteiger charge is 2.09. The van der Waals surface area contributed by atoms with Gasteiger partial charge in [-0.1, -0.05) is 12.1 Å². The molecule has 0 saturated carbocycles. The molecule has 0 amide bonds. The average molecular weight is 285 g/mol. The molecule has 0 saturated heterocycles. The molecule has 0 spiro atoms. The van der Waals surface area contributed by atoms with Crippen LogP contribution in [0.2, 0.25) is 0 Å². The highest BCUT2D eigenvalue weighted by Crippen LogP contribution is 2.16. The molecule has 1 rings (SSSR count). The Labute approximate surface area is 90.7 Å². The van der Waals surface area contributed by atoms with Crippen molar-refractivity contribution in [2.75, 3.05) is 0 Å². The van der Waals surface area contributed by atoms with Crippen LogP contribution in [0.1, 0.15) is 22.3 Å². The fourth-order valence-corrected chi connectivity index (χ4v) is 1.57. The Morgan fingerprint density at radius 2 is 2.31 bits per heavy atom. The van der Waals surface area contributed by atoms with Gasteiger partial charge in [0, 0.05) is 9.13 Å². The lowest BCUT2D eigenvalue weighted by Crippen LogP contribution is -2.01. The third kappa shape index (κ3) is 2.28. The first kappa shape index (κ1) is 10.2. The van der Waals surface area contributed by atoms with Gasteiger partial charge in [-0.3, -0.25) is 4.79 Å². The molecule has 0 fully saturated rings. The van der Waals surface area contributed by atoms with Crippen molar-refractivity contribution in [3.63, 3.8) is 0 Å². The van der Waals surface area contributed by atoms with Crippen molar-refractivity contribution in [2.24, 2.45) is 0 Å². The van der Waals surface area contributed by atoms with Gasteiger partial charge in [0.15, 0.2) is 5.78 Å². The van der Waals surface area contributed by atoms with E-state index in [-0.39, 0.29) is 12.2 Å². The van der Waals surface area contributed by atoms with Gasteiger partial charge >= 0.3 is 0 Å². The second kappa shape index (κ2) is 4.38. The molecular formula is C10H8INO. The number of halogens is 1. The topological polar surface area (TPSA) is 40.9 Å². The van der Waals surface area contributed by atoms with Crippen LogP contribution in [-0.4, -0.2) is 5.78 Å². The molecule has 0 aliphatic carbocycles. The minimum Gasteiger partial charge on any atom is -0.293 e. The van der Waals surface area contributed by atoms with Crippen LogP contribution in [0.5, 0.6) is 0 Å². The van der Waals surface area contributed by atoms with E-state index in [2.05, 4.69) is 22.6 Å². The van der Waals surface area contributed by atoms with Crippen molar-refractivity contribution in [2.45, 2.75) is 13.3 Å². The zero-order valence-corrected chi connectivity index (χ0v) is 9.33. The maximum Gasteiger partial charge on any atom is 0.177 e. The van der Waals surface area contributed by atoms with Crippen LogP contribution in [0.25, 0.3) is 0 Å². The number of carbonyl (C=O) groups is 1. The van der Waals surface area contributed by atoms with Crippen molar-refractivity contribution >= 4 is 28.4 Å². The van der Waals surface area contributed by atoms with Crippen LogP contribution in [0.15, 0.2) is 18.2 Å². The zero-order chi connectivity index (χ0) is 9.84. The first-order valence-corrected chi connectivity index (χ1v) is 4.90. The van der Waals surface area contributed by atoms with E-state index in [9.17, 15) is 4.79 Å². The number of ketones is 1. The predicted octanol–water partition coefficient (Wildman–Crippen LogP) is 2.70. The summed E-state index contributed by atoms with van der Waals surface area (Å²) in [6.45, 7) is 1.90. The lowest BCUT2D eigenvalue weighted by Gasteiger charge is -2.03. The fraction of sp³-hybridized carbons (Fsp3) is 0.200. The summed E-state index contributed by atoms with van der Waals surface area (Å²) in [5.41, 5.74) is 1.62. The van der Waals surface area contributed by atoms with Gasteiger partial charge in [-0.05, 0) is 41.1 Å². The third-order valence-corrected chi connectivity index (χ3v) is 2.98. The molecule has 0 aliphatic rings. The Bertz CT molecular complexity index is 379. The van der Waals surface area contributed by atoms with Gasteiger partial charge in [-0.15, -0.1) is 0 Å². The summed E-state index contributed by atoms with van der Waals surface area (Å²) in [4.78, 5) is 11.4. The van der Waals surface area contributed by atoms with E-state index >= 15 is 0 Å². The SMILES string of the molecule is Cc1c(I)cccc1C(=O)CC#N. The van der Waals surface area contributed by atoms with Gasteiger partial charge < -0.3 is 0 Å². The van der Waals surface area contributed by atoms with Gasteiger partial charge in [-0.25, -0.2) is 0 Å². The Kier molecular flexibility index (Phi) is 3.43. The first-order chi connectivity index (χ1) is 6.16. The third-order valence-electron chi connectivity index (χ3n) is 1.81. The van der Waals surface area contributed by atoms with Crippen molar-refractivity contribution in [1.29, 1.82) is 5.26 Å². The van der Waals surface area contributed by atoms with Crippen LogP contribution in [0.4, 0.5) is 0 Å². The minimum atomic E-state index is -0.0986. The summed E-state index contributed by atoms with van der Waals surface area (Å²) in [6.07, 6.45) is -0.0407. The van der Waals surface area contributed by atoms with E-state index in [4.69, 9.17) is 5.26 Å². The molecule has 0 bridgehead atoms. The molecule has 3 heteroatoms. The normalized spacial score (nSPS) is 9.31. The Balaban J connectivity index is 3.09. The maximum atomic E-state index is 11.4. The summed E-state index contributed by atoms with van der Waals surface area (Å²) in [5, 5.41) is 8.39. The summed E-state index contributed by atoms with van der Waals surface area (Å²) < 4.78 is 1.06. The van der Waals surface area contributed by atoms with Crippen molar-refractivity contribution in [1.82, 2.24) is 0 Å². The van der Waals surface area contributed by atoms with Crippen LogP contribution in [-0.2, 0) is 0 Å². The number of hydrogen-bond donors (Lipinski definition) is 0. The van der Waals surface area contributed by atoms with E-state index in [1.807, 2.05) is 25.1 Å². The molecule has 0 unspecified atom stereocenters. The Morgan fingerprint density at radius 1 is 1.62 bits per heavy atom. The van der Waals surface area contributed by atoms with Gasteiger partial charge in [0.1, 0.15) is 0 Å². The van der Waals surface area contributed by atoms with Crippen LogP contribution in [0.3, 0.4) is 0 Å². The molecule has 0 N–H and O–H groups in total. The first-order valence-electron chi connectivity index (χ1n) is 3.82. The molecule has 13 heavy (non-hydrogen) atoms. The van der Waals surface area contributed by atoms with Gasteiger partial charge in [-0.2, -0.15) is 5.26 Å². The summed E-state index contributed by atoms with van der Waals surface area (Å²) in [6, 6.07) is 7.40. The standard InChI is InChI=1S/C10H8INO/c1-7-8(10(13)5-6-12)3-2-4-9(7)11/h2-4H,5H2,1H3. The minimum absolute atomic E-state index is 0.0407. The molecule has 0 aliphatic heterocycles. The van der Waals surface area contributed by atoms with Gasteiger partial charge in [0.2, 0.25) is 0 Å². The summed E-state index contributed by atoms with van der Waals surface area (Å²) in [5.74, 6) is -0.0986. The molecule has 1 aromatic carbocycles. The lowest BCUT2D eigenvalue weighted by atomic mass is 10.0. The molecule has 0 radical (unpaired) electrons. The van der Waals surface area contributed by atoms with E-state index in [1.54, 1.807) is 6.07 Å². The van der Waals surface area contributed by atoms with Crippen LogP contribution in [0, 0.1) is 21.8 Å². The smallest absolute Gasteiger partial charge is 0.177 e. The fourth-order valence-electron chi connectivity index (χ4n) is 1.08. The van der Waals surface area contributed by atoms with Gasteiger partial charge in [0.05, 0.1) is 12.5 Å². The van der Waals surface area contributed by atoms with E-state index < -0.39 is 0 Å². The molecule has 1 aromatic rings. The Hall–Kier alpha value is -0.890. The second-order valence-electron chi connectivity index (χ2n) is 2.67. The predicted molar refractivity (Wildman–Crippen MR) is 58.5 cm³/mol. The number of nitrogens with zero attached hydrogens (tertiary/aromatic N) is 1. The van der Waals surface area contributed by atoms with Gasteiger partial charge in [0.25, 0.3) is 0 Å². The number of rotatable bonds is 2. The molecule has 0 heterocycles. The van der Waals surface area contributed by atoms with Crippen LogP contribution >= 0.6 is 22.6 Å². The van der Waals surface area contributed by atoms with Crippen molar-refractivity contribution in [3.8, 4) is 6.07 Å². The number of nitriles is 1. The Morgan fingerprint density at radius 3 is 2.92 bits per heavy atom. The van der Waals surface area contributed by atoms with Crippen molar-refractivity contribution in [3.05, 3.63) is 32.9 Å². The molecule has 66 valence electrons. The quantitative estimate of drug-likeness (QED) is 0.619. The monoisotopic (exact) mass is 285 g/mol. The van der Waals surface area contributed by atoms with E-state index in [0.717, 1.165) is 9.13 Å². The number of carbonyl (C=O) groups excluding carboxylic acids is 1. The second-order valence-corrected chi connectivity index (χ2v) is 3.83. The summed E-state index contributed by atoms with van der Waals surface area (Å²) in [7, 11) is 0. The average Bonchev–Trinajstić information content (AvgIpc) is 2.10. The van der Waals surface area contributed by atoms with E-state index in [1.165, 1.54) is 0 Å². The zero-order valence-electron chi connectivity index (χ0n) is 7.17. The molecule has 0 aromatic heterocycles. The number of benzene rings is 1. The lowest BCUT2D eigenvalue weighted by molar-refractivity contribution is 0.0997. The summed E-state index contributed by atoms with van der Waals surface area (Å²) >= 11 is 2.18. The number of hydrogen-bond acceptors (Lipinski definition) is 2.